The number of rotatable bonds is 19. The Kier molecular flexibility index (Phi) is 19.0. The first-order valence-electron chi connectivity index (χ1n) is 25.2. The molecule has 2 heterocycles. The van der Waals surface area contributed by atoms with Gasteiger partial charge in [0.25, 0.3) is 0 Å². The molecule has 2 fully saturated rings. The summed E-state index contributed by atoms with van der Waals surface area (Å²) in [5, 5.41) is 0. The molecule has 0 spiro atoms. The van der Waals surface area contributed by atoms with Crippen molar-refractivity contribution >= 4 is 47.6 Å². The zero-order valence-corrected chi connectivity index (χ0v) is 42.9. The third kappa shape index (κ3) is 14.1. The van der Waals surface area contributed by atoms with Crippen molar-refractivity contribution in [3.63, 3.8) is 0 Å². The van der Waals surface area contributed by atoms with Crippen LogP contribution in [0.1, 0.15) is 82.4 Å². The van der Waals surface area contributed by atoms with Gasteiger partial charge in [0.2, 0.25) is 11.8 Å². The molecule has 79 heavy (non-hydrogen) atoms. The number of amides is 2. The molecule has 6 aromatic carbocycles. The zero-order chi connectivity index (χ0) is 55.8. The van der Waals surface area contributed by atoms with Gasteiger partial charge in [0.05, 0.1) is 39.5 Å². The Morgan fingerprint density at radius 2 is 0.722 bits per heavy atom. The second-order valence-corrected chi connectivity index (χ2v) is 18.2. The van der Waals surface area contributed by atoms with Crippen LogP contribution in [0.2, 0.25) is 0 Å². The number of nitrogens with zero attached hydrogens (tertiary/aromatic N) is 1. The van der Waals surface area contributed by atoms with Gasteiger partial charge in [0.1, 0.15) is 37.6 Å². The summed E-state index contributed by atoms with van der Waals surface area (Å²) in [5.74, 6) is -7.16. The van der Waals surface area contributed by atoms with E-state index >= 15 is 0 Å². The average molecular weight is 1070 g/mol. The zero-order valence-electron chi connectivity index (χ0n) is 42.9. The van der Waals surface area contributed by atoms with Crippen LogP contribution in [-0.4, -0.2) is 127 Å². The SMILES string of the molecule is C=CC[C@H]1O[C@H](COC(=O)c2ccccc2)[C@@H](O[C@@H]2O[C@H](COC(=O)c3ccccc3)[C@H](OC(=O)c3ccccc3)[C@H](OC(=O)c3ccccc3)[C@H]2OC(=O)c2ccccc2)[C@H](OC(=O)c2ccccc2)[C@H]1N(C(C)=O)C(C)=O. The van der Waals surface area contributed by atoms with Crippen molar-refractivity contribution in [1.29, 1.82) is 0 Å². The maximum absolute atomic E-state index is 14.5. The fourth-order valence-corrected chi connectivity index (χ4v) is 9.12. The molecule has 8 rings (SSSR count). The molecule has 2 amide bonds. The number of esters is 6. The molecule has 18 nitrogen and oxygen atoms in total. The molecule has 0 saturated carbocycles. The van der Waals surface area contributed by atoms with Crippen LogP contribution >= 0.6 is 0 Å². The molecule has 2 aliphatic heterocycles. The third-order valence-corrected chi connectivity index (χ3v) is 12.8. The quantitative estimate of drug-likeness (QED) is 0.0428. The standard InChI is InChI=1S/C61H55NO17/c1-4-23-46-49(62(38(2)63)39(3)64)52(76-58(68)43-30-17-8-18-31-43)50(47(73-46)36-71-55(65)40-24-11-5-12-25-40)79-61-54(78-60(70)45-34-21-10-22-35-45)53(77-59(69)44-32-19-9-20-33-44)51(75-57(67)42-28-15-7-16-29-42)48(74-61)37-72-56(66)41-26-13-6-14-27-41/h4-22,24-35,46-54,61H,1,23,36-37H2,2-3H3/t46-,47-,48-,49+,50-,51+,52-,53+,54-,61+/m1/s1. The molecule has 0 unspecified atom stereocenters. The largest absolute Gasteiger partial charge is 0.459 e. The predicted molar refractivity (Wildman–Crippen MR) is 280 cm³/mol. The van der Waals surface area contributed by atoms with E-state index in [1.54, 1.807) is 109 Å². The lowest BCUT2D eigenvalue weighted by molar-refractivity contribution is -0.335. The van der Waals surface area contributed by atoms with Crippen LogP contribution in [0.4, 0.5) is 0 Å². The highest BCUT2D eigenvalue weighted by molar-refractivity contribution is 5.95. The minimum absolute atomic E-state index is 0.00149. The molecule has 10 atom stereocenters. The van der Waals surface area contributed by atoms with Crippen LogP contribution in [0.3, 0.4) is 0 Å². The highest BCUT2D eigenvalue weighted by atomic mass is 16.8. The number of imide groups is 1. The van der Waals surface area contributed by atoms with E-state index < -0.39 is 122 Å². The maximum atomic E-state index is 14.5. The average Bonchev–Trinajstić information content (AvgIpc) is 3.55. The second kappa shape index (κ2) is 26.8. The molecular formula is C61H55NO17. The van der Waals surface area contributed by atoms with Gasteiger partial charge in [0.15, 0.2) is 30.7 Å². The Morgan fingerprint density at radius 1 is 0.405 bits per heavy atom. The van der Waals surface area contributed by atoms with Gasteiger partial charge in [-0.2, -0.15) is 0 Å². The van der Waals surface area contributed by atoms with Gasteiger partial charge in [-0.3, -0.25) is 14.5 Å². The van der Waals surface area contributed by atoms with Crippen LogP contribution in [0.25, 0.3) is 0 Å². The number of carbonyl (C=O) groups excluding carboxylic acids is 8. The molecule has 406 valence electrons. The number of carbonyl (C=O) groups is 8. The van der Waals surface area contributed by atoms with Crippen molar-refractivity contribution in [3.8, 4) is 0 Å². The Balaban J connectivity index is 1.31. The topological polar surface area (TPSA) is 223 Å². The van der Waals surface area contributed by atoms with Crippen LogP contribution in [-0.2, 0) is 52.2 Å². The Morgan fingerprint density at radius 3 is 1.08 bits per heavy atom. The molecule has 0 aromatic heterocycles. The van der Waals surface area contributed by atoms with Gasteiger partial charge in [-0.05, 0) is 79.2 Å². The van der Waals surface area contributed by atoms with Crippen LogP contribution in [0.5, 0.6) is 0 Å². The molecule has 6 aromatic rings. The van der Waals surface area contributed by atoms with E-state index in [1.165, 1.54) is 78.9 Å². The lowest BCUT2D eigenvalue weighted by Gasteiger charge is -2.51. The number of benzene rings is 6. The summed E-state index contributed by atoms with van der Waals surface area (Å²) in [5.41, 5.74) is 0.371. The van der Waals surface area contributed by atoms with Gasteiger partial charge in [-0.1, -0.05) is 115 Å². The van der Waals surface area contributed by atoms with Gasteiger partial charge < -0.3 is 42.6 Å². The fraction of sp³-hybridized carbons (Fsp3) is 0.246. The Bertz CT molecular complexity index is 3060. The first kappa shape index (κ1) is 56.1. The van der Waals surface area contributed by atoms with Crippen LogP contribution < -0.4 is 0 Å². The second-order valence-electron chi connectivity index (χ2n) is 18.2. The minimum atomic E-state index is -2.05. The van der Waals surface area contributed by atoms with E-state index in [0.29, 0.717) is 0 Å². The number of hydrogen-bond acceptors (Lipinski definition) is 17. The predicted octanol–water partition coefficient (Wildman–Crippen LogP) is 7.82. The summed E-state index contributed by atoms with van der Waals surface area (Å²) in [6.07, 6.45) is -14.3. The molecule has 2 aliphatic rings. The smallest absolute Gasteiger partial charge is 0.338 e. The van der Waals surface area contributed by atoms with Crippen molar-refractivity contribution in [2.45, 2.75) is 81.4 Å². The highest BCUT2D eigenvalue weighted by Crippen LogP contribution is 2.38. The molecule has 0 radical (unpaired) electrons. The van der Waals surface area contributed by atoms with E-state index in [1.807, 2.05) is 0 Å². The first-order valence-corrected chi connectivity index (χ1v) is 25.2. The van der Waals surface area contributed by atoms with E-state index in [-0.39, 0.29) is 39.8 Å². The van der Waals surface area contributed by atoms with E-state index in [4.69, 9.17) is 42.6 Å². The van der Waals surface area contributed by atoms with E-state index in [9.17, 15) is 38.4 Å². The summed E-state index contributed by atoms with van der Waals surface area (Å²) in [4.78, 5) is 113. The van der Waals surface area contributed by atoms with Crippen LogP contribution in [0.15, 0.2) is 195 Å². The normalized spacial score (nSPS) is 22.4. The van der Waals surface area contributed by atoms with E-state index in [2.05, 4.69) is 6.58 Å². The van der Waals surface area contributed by atoms with Crippen molar-refractivity contribution in [3.05, 3.63) is 228 Å². The van der Waals surface area contributed by atoms with E-state index in [0.717, 1.165) is 18.7 Å². The summed E-state index contributed by atoms with van der Waals surface area (Å²) in [7, 11) is 0. The van der Waals surface area contributed by atoms with Gasteiger partial charge in [0, 0.05) is 13.8 Å². The molecule has 0 N–H and O–H groups in total. The fourth-order valence-electron chi connectivity index (χ4n) is 9.12. The maximum Gasteiger partial charge on any atom is 0.338 e. The number of ether oxygens (including phenoxy) is 9. The first-order chi connectivity index (χ1) is 38.3. The Hall–Kier alpha value is -9.10. The van der Waals surface area contributed by atoms with Crippen LogP contribution in [0, 0.1) is 0 Å². The molecule has 2 saturated heterocycles. The van der Waals surface area contributed by atoms with Gasteiger partial charge in [-0.25, -0.2) is 28.8 Å². The van der Waals surface area contributed by atoms with Crippen molar-refractivity contribution in [2.24, 2.45) is 0 Å². The highest BCUT2D eigenvalue weighted by Gasteiger charge is 2.58. The summed E-state index contributed by atoms with van der Waals surface area (Å²) >= 11 is 0. The molecule has 0 aliphatic carbocycles. The molecular weight excluding hydrogens is 1020 g/mol. The molecule has 0 bridgehead atoms. The lowest BCUT2D eigenvalue weighted by Crippen LogP contribution is -2.69. The van der Waals surface area contributed by atoms with Crippen molar-refractivity contribution in [1.82, 2.24) is 4.90 Å². The van der Waals surface area contributed by atoms with Gasteiger partial charge >= 0.3 is 35.8 Å². The summed E-state index contributed by atoms with van der Waals surface area (Å²) in [6.45, 7) is 4.73. The minimum Gasteiger partial charge on any atom is -0.459 e. The van der Waals surface area contributed by atoms with Crippen molar-refractivity contribution < 1.29 is 81.0 Å². The Labute approximate surface area is 454 Å². The monoisotopic (exact) mass is 1070 g/mol. The summed E-state index contributed by atoms with van der Waals surface area (Å²) in [6, 6.07) is 45.3. The molecule has 18 heteroatoms. The summed E-state index contributed by atoms with van der Waals surface area (Å²) < 4.78 is 57.3. The number of hydrogen-bond donors (Lipinski definition) is 0. The van der Waals surface area contributed by atoms with Crippen molar-refractivity contribution in [2.75, 3.05) is 13.2 Å². The van der Waals surface area contributed by atoms with Gasteiger partial charge in [-0.15, -0.1) is 6.58 Å². The lowest BCUT2D eigenvalue weighted by atomic mass is 9.88. The third-order valence-electron chi connectivity index (χ3n) is 12.8.